The topological polar surface area (TPSA) is 85.1 Å². The summed E-state index contributed by atoms with van der Waals surface area (Å²) in [5.41, 5.74) is 3.53. The Morgan fingerprint density at radius 2 is 1.42 bits per heavy atom. The van der Waals surface area contributed by atoms with Gasteiger partial charge in [0.1, 0.15) is 19.0 Å². The van der Waals surface area contributed by atoms with E-state index in [9.17, 15) is 4.39 Å². The van der Waals surface area contributed by atoms with Gasteiger partial charge in [0.05, 0.1) is 46.2 Å². The minimum Gasteiger partial charge on any atom is -0.491 e. The summed E-state index contributed by atoms with van der Waals surface area (Å²) >= 11 is 0. The van der Waals surface area contributed by atoms with Crippen molar-refractivity contribution in [2.24, 2.45) is 0 Å². The maximum Gasteiger partial charge on any atom is 0.258 e. The predicted molar refractivity (Wildman–Crippen MR) is 134 cm³/mol. The minimum atomic E-state index is -0.528. The zero-order chi connectivity index (χ0) is 25.4. The van der Waals surface area contributed by atoms with Gasteiger partial charge in [-0.2, -0.15) is 4.98 Å². The average Bonchev–Trinajstić information content (AvgIpc) is 3.39. The van der Waals surface area contributed by atoms with Gasteiger partial charge in [-0.05, 0) is 42.7 Å². The highest BCUT2D eigenvalue weighted by molar-refractivity contribution is 5.61. The number of alkyl halides is 1. The summed E-state index contributed by atoms with van der Waals surface area (Å²) in [5.74, 6) is 1.55. The highest BCUT2D eigenvalue weighted by Crippen LogP contribution is 2.27. The quantitative estimate of drug-likeness (QED) is 0.224. The first-order valence-corrected chi connectivity index (χ1v) is 12.2. The maximum absolute atomic E-state index is 12.3. The van der Waals surface area contributed by atoms with E-state index in [0.29, 0.717) is 63.7 Å². The molecule has 196 valence electrons. The Labute approximate surface area is 211 Å². The van der Waals surface area contributed by atoms with E-state index >= 15 is 0 Å². The summed E-state index contributed by atoms with van der Waals surface area (Å²) in [5, 5.41) is 4.10. The van der Waals surface area contributed by atoms with Crippen LogP contribution in [0.15, 0.2) is 47.0 Å². The van der Waals surface area contributed by atoms with Crippen LogP contribution < -0.4 is 4.74 Å². The van der Waals surface area contributed by atoms with E-state index in [4.69, 9.17) is 28.2 Å². The Kier molecular flexibility index (Phi) is 12.3. The molecule has 0 bridgehead atoms. The van der Waals surface area contributed by atoms with Crippen LogP contribution in [0, 0.1) is 6.92 Å². The van der Waals surface area contributed by atoms with Crippen molar-refractivity contribution in [3.05, 3.63) is 53.6 Å². The molecule has 0 spiro atoms. The first-order valence-electron chi connectivity index (χ1n) is 12.2. The van der Waals surface area contributed by atoms with Crippen LogP contribution in [0.25, 0.3) is 22.8 Å². The Hall–Kier alpha value is -2.85. The average molecular weight is 503 g/mol. The molecule has 0 fully saturated rings. The van der Waals surface area contributed by atoms with Gasteiger partial charge in [0, 0.05) is 17.7 Å². The number of hydrogen-bond acceptors (Lipinski definition) is 8. The summed E-state index contributed by atoms with van der Waals surface area (Å²) in [6, 6.07) is 13.3. The summed E-state index contributed by atoms with van der Waals surface area (Å²) in [7, 11) is 0. The van der Waals surface area contributed by atoms with Crippen molar-refractivity contribution in [1.29, 1.82) is 0 Å². The molecule has 0 aliphatic rings. The van der Waals surface area contributed by atoms with Gasteiger partial charge in [-0.1, -0.05) is 36.3 Å². The molecule has 0 unspecified atom stereocenters. The van der Waals surface area contributed by atoms with Crippen molar-refractivity contribution in [2.75, 3.05) is 59.5 Å². The highest BCUT2D eigenvalue weighted by Gasteiger charge is 2.12. The van der Waals surface area contributed by atoms with Crippen LogP contribution in [0.5, 0.6) is 5.75 Å². The van der Waals surface area contributed by atoms with E-state index in [1.807, 2.05) is 43.3 Å². The third kappa shape index (κ3) is 9.31. The molecule has 0 amide bonds. The standard InChI is InChI=1S/C27H35FN2O6/c1-3-11-31-13-14-32-15-16-33-17-18-34-20-22-4-6-23(7-5-22)26-29-27(36-30-26)24-8-9-25(21(2)19-24)35-12-10-28/h4-9,19H,3,10-18,20H2,1-2H3. The van der Waals surface area contributed by atoms with Crippen molar-refractivity contribution in [2.45, 2.75) is 26.9 Å². The molecule has 0 radical (unpaired) electrons. The lowest BCUT2D eigenvalue weighted by molar-refractivity contribution is -0.00401. The van der Waals surface area contributed by atoms with Crippen LogP contribution >= 0.6 is 0 Å². The fraction of sp³-hybridized carbons (Fsp3) is 0.481. The number of ether oxygens (including phenoxy) is 5. The molecule has 8 nitrogen and oxygen atoms in total. The number of hydrogen-bond donors (Lipinski definition) is 0. The fourth-order valence-electron chi connectivity index (χ4n) is 3.30. The molecular weight excluding hydrogens is 467 g/mol. The van der Waals surface area contributed by atoms with Gasteiger partial charge in [0.2, 0.25) is 5.82 Å². The lowest BCUT2D eigenvalue weighted by Gasteiger charge is -2.07. The van der Waals surface area contributed by atoms with Crippen LogP contribution in [-0.4, -0.2) is 69.7 Å². The first-order chi connectivity index (χ1) is 17.7. The second-order valence-electron chi connectivity index (χ2n) is 8.03. The zero-order valence-electron chi connectivity index (χ0n) is 21.0. The number of nitrogens with zero attached hydrogens (tertiary/aromatic N) is 2. The molecule has 3 aromatic rings. The van der Waals surface area contributed by atoms with Crippen LogP contribution in [0.1, 0.15) is 24.5 Å². The second-order valence-corrected chi connectivity index (χ2v) is 8.03. The van der Waals surface area contributed by atoms with Crippen molar-refractivity contribution in [1.82, 2.24) is 10.1 Å². The SMILES string of the molecule is CCCOCCOCCOCCOCc1ccc(-c2noc(-c3ccc(OCCF)c(C)c3)n2)cc1. The normalized spacial score (nSPS) is 11.2. The van der Waals surface area contributed by atoms with Gasteiger partial charge < -0.3 is 28.2 Å². The molecule has 0 N–H and O–H groups in total. The fourth-order valence-corrected chi connectivity index (χ4v) is 3.30. The summed E-state index contributed by atoms with van der Waals surface area (Å²) in [6.07, 6.45) is 1.02. The zero-order valence-corrected chi connectivity index (χ0v) is 21.0. The number of halogens is 1. The van der Waals surface area contributed by atoms with E-state index in [0.717, 1.165) is 35.3 Å². The summed E-state index contributed by atoms with van der Waals surface area (Å²) in [6.45, 7) is 8.06. The van der Waals surface area contributed by atoms with Gasteiger partial charge in [0.25, 0.3) is 5.89 Å². The Morgan fingerprint density at radius 1 is 0.778 bits per heavy atom. The van der Waals surface area contributed by atoms with Crippen LogP contribution in [0.4, 0.5) is 4.39 Å². The molecule has 3 rings (SSSR count). The molecule has 0 saturated carbocycles. The van der Waals surface area contributed by atoms with Crippen LogP contribution in [-0.2, 0) is 25.6 Å². The monoisotopic (exact) mass is 502 g/mol. The van der Waals surface area contributed by atoms with Gasteiger partial charge in [-0.25, -0.2) is 4.39 Å². The second kappa shape index (κ2) is 16.0. The van der Waals surface area contributed by atoms with Gasteiger partial charge in [0.15, 0.2) is 0 Å². The molecule has 1 heterocycles. The van der Waals surface area contributed by atoms with Crippen molar-refractivity contribution >= 4 is 0 Å². The largest absolute Gasteiger partial charge is 0.491 e. The Morgan fingerprint density at radius 3 is 2.06 bits per heavy atom. The molecule has 36 heavy (non-hydrogen) atoms. The number of aryl methyl sites for hydroxylation is 1. The van der Waals surface area contributed by atoms with E-state index in [-0.39, 0.29) is 6.61 Å². The molecule has 0 aliphatic carbocycles. The van der Waals surface area contributed by atoms with E-state index in [2.05, 4.69) is 17.1 Å². The minimum absolute atomic E-state index is 0.0327. The predicted octanol–water partition coefficient (Wildman–Crippen LogP) is 5.04. The number of benzene rings is 2. The highest BCUT2D eigenvalue weighted by atomic mass is 19.1. The van der Waals surface area contributed by atoms with Crippen molar-refractivity contribution in [3.8, 4) is 28.6 Å². The molecule has 0 saturated heterocycles. The molecule has 9 heteroatoms. The summed E-state index contributed by atoms with van der Waals surface area (Å²) in [4.78, 5) is 4.51. The van der Waals surface area contributed by atoms with Gasteiger partial charge in [-0.15, -0.1) is 0 Å². The van der Waals surface area contributed by atoms with Gasteiger partial charge >= 0.3 is 0 Å². The Bertz CT molecular complexity index is 1010. The third-order valence-electron chi connectivity index (χ3n) is 5.13. The first kappa shape index (κ1) is 27.7. The van der Waals surface area contributed by atoms with Crippen molar-refractivity contribution in [3.63, 3.8) is 0 Å². The van der Waals surface area contributed by atoms with Crippen LogP contribution in [0.2, 0.25) is 0 Å². The lowest BCUT2D eigenvalue weighted by atomic mass is 10.1. The maximum atomic E-state index is 12.3. The molecule has 1 aromatic heterocycles. The smallest absolute Gasteiger partial charge is 0.258 e. The van der Waals surface area contributed by atoms with E-state index < -0.39 is 6.67 Å². The molecule has 0 aliphatic heterocycles. The third-order valence-corrected chi connectivity index (χ3v) is 5.13. The molecule has 2 aromatic carbocycles. The van der Waals surface area contributed by atoms with Gasteiger partial charge in [-0.3, -0.25) is 0 Å². The van der Waals surface area contributed by atoms with Crippen LogP contribution in [0.3, 0.4) is 0 Å². The van der Waals surface area contributed by atoms with E-state index in [1.54, 1.807) is 6.07 Å². The van der Waals surface area contributed by atoms with E-state index in [1.165, 1.54) is 0 Å². The van der Waals surface area contributed by atoms with Crippen molar-refractivity contribution < 1.29 is 32.6 Å². The molecular formula is C27H35FN2O6. The number of rotatable bonds is 18. The molecule has 0 atom stereocenters. The number of aromatic nitrogens is 2. The summed E-state index contributed by atoms with van der Waals surface area (Å²) < 4.78 is 45.1. The lowest BCUT2D eigenvalue weighted by Crippen LogP contribution is -2.12. The Balaban J connectivity index is 1.36.